The number of hydrogen-bond acceptors (Lipinski definition) is 4. The topological polar surface area (TPSA) is 66.0 Å². The van der Waals surface area contributed by atoms with Gasteiger partial charge in [-0.2, -0.15) is 5.10 Å². The van der Waals surface area contributed by atoms with Crippen LogP contribution in [0, 0.1) is 11.7 Å². The van der Waals surface area contributed by atoms with Gasteiger partial charge in [-0.3, -0.25) is 14.5 Å². The Morgan fingerprint density at radius 2 is 1.93 bits per heavy atom. The summed E-state index contributed by atoms with van der Waals surface area (Å²) in [6.07, 6.45) is 5.37. The predicted octanol–water partition coefficient (Wildman–Crippen LogP) is 3.30. The molecule has 1 aliphatic heterocycles. The van der Waals surface area contributed by atoms with Gasteiger partial charge in [-0.15, -0.1) is 0 Å². The molecule has 0 atom stereocenters. The van der Waals surface area contributed by atoms with Crippen LogP contribution >= 0.6 is 12.2 Å². The SMILES string of the molecule is Cc1ccc(-c2n[nH]c(=S)n2CCC(=O)NCCCN2CCCCC2)cc1. The lowest BCUT2D eigenvalue weighted by Gasteiger charge is -2.26. The molecule has 2 aromatic rings. The molecule has 7 heteroatoms. The Bertz CT molecular complexity index is 789. The summed E-state index contributed by atoms with van der Waals surface area (Å²) in [6.45, 7) is 6.79. The van der Waals surface area contributed by atoms with Gasteiger partial charge in [0.25, 0.3) is 0 Å². The van der Waals surface area contributed by atoms with Crippen LogP contribution in [0.3, 0.4) is 0 Å². The van der Waals surface area contributed by atoms with Crippen LogP contribution in [0.2, 0.25) is 0 Å². The number of carbonyl (C=O) groups is 1. The van der Waals surface area contributed by atoms with Gasteiger partial charge in [0, 0.05) is 25.1 Å². The Morgan fingerprint density at radius 1 is 1.19 bits per heavy atom. The highest BCUT2D eigenvalue weighted by Gasteiger charge is 2.11. The van der Waals surface area contributed by atoms with Gasteiger partial charge in [0.1, 0.15) is 0 Å². The summed E-state index contributed by atoms with van der Waals surface area (Å²) in [4.78, 5) is 14.7. The molecule has 1 amide bonds. The summed E-state index contributed by atoms with van der Waals surface area (Å²) < 4.78 is 2.44. The quantitative estimate of drug-likeness (QED) is 0.539. The number of hydrogen-bond donors (Lipinski definition) is 2. The number of nitrogens with one attached hydrogen (secondary N) is 2. The molecule has 2 heterocycles. The third-order valence-corrected chi connectivity index (χ3v) is 5.36. The second-order valence-corrected chi connectivity index (χ2v) is 7.61. The third-order valence-electron chi connectivity index (χ3n) is 5.05. The predicted molar refractivity (Wildman–Crippen MR) is 110 cm³/mol. The van der Waals surface area contributed by atoms with E-state index < -0.39 is 0 Å². The van der Waals surface area contributed by atoms with Crippen LogP contribution in [0.4, 0.5) is 0 Å². The molecule has 1 fully saturated rings. The molecule has 0 saturated carbocycles. The lowest BCUT2D eigenvalue weighted by atomic mass is 10.1. The molecule has 0 spiro atoms. The van der Waals surface area contributed by atoms with Gasteiger partial charge in [-0.05, 0) is 58.0 Å². The first kappa shape index (κ1) is 19.8. The summed E-state index contributed by atoms with van der Waals surface area (Å²) in [5, 5.41) is 10.2. The van der Waals surface area contributed by atoms with E-state index in [9.17, 15) is 4.79 Å². The fraction of sp³-hybridized carbons (Fsp3) is 0.550. The van der Waals surface area contributed by atoms with Gasteiger partial charge < -0.3 is 10.2 Å². The van der Waals surface area contributed by atoms with Crippen LogP contribution in [-0.2, 0) is 11.3 Å². The van der Waals surface area contributed by atoms with Gasteiger partial charge in [-0.25, -0.2) is 0 Å². The van der Waals surface area contributed by atoms with Crippen molar-refractivity contribution in [1.29, 1.82) is 0 Å². The number of amides is 1. The van der Waals surface area contributed by atoms with Gasteiger partial charge >= 0.3 is 0 Å². The number of rotatable bonds is 8. The standard InChI is InChI=1S/C20H29N5OS/c1-16-6-8-17(9-7-16)19-22-23-20(27)25(19)15-10-18(26)21-11-5-14-24-12-3-2-4-13-24/h6-9H,2-5,10-15H2,1H3,(H,21,26)(H,23,27). The first-order chi connectivity index (χ1) is 13.1. The van der Waals surface area contributed by atoms with Crippen LogP contribution in [0.5, 0.6) is 0 Å². The molecule has 2 N–H and O–H groups in total. The van der Waals surface area contributed by atoms with Crippen LogP contribution in [-0.4, -0.2) is 51.8 Å². The second kappa shape index (κ2) is 9.80. The molecule has 0 unspecified atom stereocenters. The summed E-state index contributed by atoms with van der Waals surface area (Å²) in [5.41, 5.74) is 2.19. The normalized spacial score (nSPS) is 15.0. The van der Waals surface area contributed by atoms with Crippen molar-refractivity contribution in [3.63, 3.8) is 0 Å². The van der Waals surface area contributed by atoms with E-state index in [0.29, 0.717) is 17.7 Å². The maximum absolute atomic E-state index is 12.2. The van der Waals surface area contributed by atoms with Crippen molar-refractivity contribution in [3.8, 4) is 11.4 Å². The molecule has 6 nitrogen and oxygen atoms in total. The summed E-state index contributed by atoms with van der Waals surface area (Å²) >= 11 is 5.34. The molecule has 146 valence electrons. The molecule has 27 heavy (non-hydrogen) atoms. The van der Waals surface area contributed by atoms with Crippen molar-refractivity contribution in [1.82, 2.24) is 25.0 Å². The number of likely N-dealkylation sites (tertiary alicyclic amines) is 1. The van der Waals surface area contributed by atoms with E-state index in [1.54, 1.807) is 0 Å². The molecule has 0 radical (unpaired) electrons. The zero-order valence-electron chi connectivity index (χ0n) is 16.0. The highest BCUT2D eigenvalue weighted by atomic mass is 32.1. The number of aromatic amines is 1. The zero-order chi connectivity index (χ0) is 19.1. The molecular weight excluding hydrogens is 358 g/mol. The second-order valence-electron chi connectivity index (χ2n) is 7.23. The fourth-order valence-electron chi connectivity index (χ4n) is 3.46. The van der Waals surface area contributed by atoms with Crippen molar-refractivity contribution in [2.45, 2.75) is 45.6 Å². The number of carbonyl (C=O) groups excluding carboxylic acids is 1. The maximum Gasteiger partial charge on any atom is 0.221 e. The Morgan fingerprint density at radius 3 is 2.67 bits per heavy atom. The molecule has 1 aliphatic rings. The molecule has 0 aliphatic carbocycles. The van der Waals surface area contributed by atoms with Crippen molar-refractivity contribution in [2.75, 3.05) is 26.2 Å². The van der Waals surface area contributed by atoms with Crippen LogP contribution in [0.15, 0.2) is 24.3 Å². The largest absolute Gasteiger partial charge is 0.356 e. The lowest BCUT2D eigenvalue weighted by molar-refractivity contribution is -0.121. The van der Waals surface area contributed by atoms with E-state index in [-0.39, 0.29) is 5.91 Å². The smallest absolute Gasteiger partial charge is 0.221 e. The van der Waals surface area contributed by atoms with Crippen LogP contribution in [0.25, 0.3) is 11.4 Å². The monoisotopic (exact) mass is 387 g/mol. The minimum Gasteiger partial charge on any atom is -0.356 e. The number of aryl methyl sites for hydroxylation is 1. The Balaban J connectivity index is 1.45. The first-order valence-corrected chi connectivity index (χ1v) is 10.3. The number of aromatic nitrogens is 3. The van der Waals surface area contributed by atoms with E-state index in [0.717, 1.165) is 30.9 Å². The minimum absolute atomic E-state index is 0.0617. The van der Waals surface area contributed by atoms with Gasteiger partial charge in [-0.1, -0.05) is 36.2 Å². The number of nitrogens with zero attached hydrogens (tertiary/aromatic N) is 3. The van der Waals surface area contributed by atoms with E-state index in [2.05, 4.69) is 27.3 Å². The summed E-state index contributed by atoms with van der Waals surface area (Å²) in [6, 6.07) is 8.15. The van der Waals surface area contributed by atoms with E-state index >= 15 is 0 Å². The number of benzene rings is 1. The average Bonchev–Trinajstić information content (AvgIpc) is 3.05. The third kappa shape index (κ3) is 5.74. The van der Waals surface area contributed by atoms with Gasteiger partial charge in [0.05, 0.1) is 0 Å². The highest BCUT2D eigenvalue weighted by molar-refractivity contribution is 7.71. The first-order valence-electron chi connectivity index (χ1n) is 9.85. The summed E-state index contributed by atoms with van der Waals surface area (Å²) in [5.74, 6) is 0.837. The Kier molecular flexibility index (Phi) is 7.18. The van der Waals surface area contributed by atoms with Gasteiger partial charge in [0.15, 0.2) is 10.6 Å². The van der Waals surface area contributed by atoms with Crippen molar-refractivity contribution >= 4 is 18.1 Å². The minimum atomic E-state index is 0.0617. The van der Waals surface area contributed by atoms with Crippen LogP contribution < -0.4 is 5.32 Å². The molecule has 1 aromatic heterocycles. The Labute approximate surface area is 166 Å². The van der Waals surface area contributed by atoms with E-state index in [1.807, 2.05) is 28.8 Å². The van der Waals surface area contributed by atoms with E-state index in [1.165, 1.54) is 37.9 Å². The fourth-order valence-corrected chi connectivity index (χ4v) is 3.69. The molecule has 1 saturated heterocycles. The molecular formula is C20H29N5OS. The maximum atomic E-state index is 12.2. The number of piperidine rings is 1. The van der Waals surface area contributed by atoms with Gasteiger partial charge in [0.2, 0.25) is 5.91 Å². The summed E-state index contributed by atoms with van der Waals surface area (Å²) in [7, 11) is 0. The van der Waals surface area contributed by atoms with Crippen molar-refractivity contribution < 1.29 is 4.79 Å². The van der Waals surface area contributed by atoms with Crippen molar-refractivity contribution in [2.24, 2.45) is 0 Å². The zero-order valence-corrected chi connectivity index (χ0v) is 16.9. The number of H-pyrrole nitrogens is 1. The van der Waals surface area contributed by atoms with Crippen LogP contribution in [0.1, 0.15) is 37.7 Å². The molecule has 1 aromatic carbocycles. The average molecular weight is 388 g/mol. The lowest BCUT2D eigenvalue weighted by Crippen LogP contribution is -2.33. The van der Waals surface area contributed by atoms with Crippen molar-refractivity contribution in [3.05, 3.63) is 34.6 Å². The van der Waals surface area contributed by atoms with E-state index in [4.69, 9.17) is 12.2 Å². The molecule has 0 bridgehead atoms. The molecule has 3 rings (SSSR count). The Hall–Kier alpha value is -1.99. The highest BCUT2D eigenvalue weighted by Crippen LogP contribution is 2.18.